The van der Waals surface area contributed by atoms with Crippen LogP contribution in [0.15, 0.2) is 47.1 Å². The molecule has 0 fully saturated rings. The third kappa shape index (κ3) is 6.81. The average Bonchev–Trinajstić information content (AvgIpc) is 2.28. The van der Waals surface area contributed by atoms with Crippen LogP contribution >= 0.6 is 0 Å². The van der Waals surface area contributed by atoms with Gasteiger partial charge >= 0.3 is 0 Å². The second-order valence-electron chi connectivity index (χ2n) is 9.03. The van der Waals surface area contributed by atoms with Crippen LogP contribution in [-0.4, -0.2) is 0 Å². The third-order valence-electron chi connectivity index (χ3n) is 4.03. The van der Waals surface area contributed by atoms with Crippen molar-refractivity contribution < 1.29 is 0 Å². The Kier molecular flexibility index (Phi) is 6.47. The van der Waals surface area contributed by atoms with Gasteiger partial charge in [0, 0.05) is 0 Å². The fourth-order valence-electron chi connectivity index (χ4n) is 3.11. The molecule has 1 aliphatic carbocycles. The second-order valence-corrected chi connectivity index (χ2v) is 9.03. The molecule has 0 saturated carbocycles. The van der Waals surface area contributed by atoms with Gasteiger partial charge in [0.25, 0.3) is 0 Å². The molecule has 0 heteroatoms. The lowest BCUT2D eigenvalue weighted by Gasteiger charge is -2.25. The van der Waals surface area contributed by atoms with Crippen molar-refractivity contribution in [2.75, 3.05) is 0 Å². The summed E-state index contributed by atoms with van der Waals surface area (Å²) in [7, 11) is 0. The molecule has 0 aromatic heterocycles. The monoisotopic (exact) mass is 300 g/mol. The van der Waals surface area contributed by atoms with Crippen LogP contribution in [-0.2, 0) is 0 Å². The summed E-state index contributed by atoms with van der Waals surface area (Å²) in [4.78, 5) is 0. The van der Waals surface area contributed by atoms with Gasteiger partial charge in [-0.15, -0.1) is 0 Å². The second kappa shape index (κ2) is 7.49. The van der Waals surface area contributed by atoms with Crippen LogP contribution in [0.3, 0.4) is 0 Å². The van der Waals surface area contributed by atoms with Gasteiger partial charge in [-0.3, -0.25) is 0 Å². The van der Waals surface area contributed by atoms with E-state index < -0.39 is 0 Å². The molecule has 0 aromatic rings. The average molecular weight is 301 g/mol. The van der Waals surface area contributed by atoms with Crippen LogP contribution in [0.25, 0.3) is 0 Å². The van der Waals surface area contributed by atoms with Crippen molar-refractivity contribution in [1.82, 2.24) is 0 Å². The van der Waals surface area contributed by atoms with Gasteiger partial charge in [0.15, 0.2) is 0 Å². The zero-order valence-corrected chi connectivity index (χ0v) is 16.0. The molecule has 1 aliphatic rings. The molecule has 0 radical (unpaired) electrons. The van der Waals surface area contributed by atoms with Crippen molar-refractivity contribution in [2.24, 2.45) is 10.8 Å². The minimum absolute atomic E-state index is 0.231. The minimum atomic E-state index is 0.231. The molecule has 0 N–H and O–H groups in total. The van der Waals surface area contributed by atoms with E-state index in [1.165, 1.54) is 11.1 Å². The van der Waals surface area contributed by atoms with Gasteiger partial charge in [-0.25, -0.2) is 0 Å². The highest BCUT2D eigenvalue weighted by molar-refractivity contribution is 5.44. The first-order valence-electron chi connectivity index (χ1n) is 8.74. The summed E-state index contributed by atoms with van der Waals surface area (Å²) in [6.07, 6.45) is 12.8. The summed E-state index contributed by atoms with van der Waals surface area (Å²) >= 11 is 0. The highest BCUT2D eigenvalue weighted by Crippen LogP contribution is 2.35. The van der Waals surface area contributed by atoms with E-state index in [1.54, 1.807) is 11.1 Å². The molecule has 124 valence electrons. The number of hydrogen-bond donors (Lipinski definition) is 0. The summed E-state index contributed by atoms with van der Waals surface area (Å²) in [5, 5.41) is 0. The van der Waals surface area contributed by atoms with Gasteiger partial charge in [0.1, 0.15) is 0 Å². The normalized spacial score (nSPS) is 23.0. The van der Waals surface area contributed by atoms with Gasteiger partial charge in [0.2, 0.25) is 0 Å². The Labute approximate surface area is 139 Å². The van der Waals surface area contributed by atoms with Crippen molar-refractivity contribution >= 4 is 0 Å². The number of rotatable bonds is 2. The molecule has 0 atom stereocenters. The van der Waals surface area contributed by atoms with E-state index in [0.717, 1.165) is 32.1 Å². The quantitative estimate of drug-likeness (QED) is 0.466. The van der Waals surface area contributed by atoms with E-state index in [1.807, 2.05) is 0 Å². The summed E-state index contributed by atoms with van der Waals surface area (Å²) in [5.41, 5.74) is 6.37. The van der Waals surface area contributed by atoms with Gasteiger partial charge in [0.05, 0.1) is 0 Å². The molecule has 0 amide bonds. The lowest BCUT2D eigenvalue weighted by atomic mass is 9.80. The maximum absolute atomic E-state index is 4.40. The van der Waals surface area contributed by atoms with Crippen LogP contribution in [0.5, 0.6) is 0 Å². The first kappa shape index (κ1) is 19.0. The van der Waals surface area contributed by atoms with E-state index in [-0.39, 0.29) is 5.41 Å². The molecule has 0 spiro atoms. The fourth-order valence-corrected chi connectivity index (χ4v) is 3.11. The smallest absolute Gasteiger partial charge is 0.0197 e. The molecule has 0 nitrogen and oxygen atoms in total. The molecule has 0 bridgehead atoms. The van der Waals surface area contributed by atoms with Crippen molar-refractivity contribution in [3.8, 4) is 0 Å². The number of allylic oxidation sites excluding steroid dienone is 7. The lowest BCUT2D eigenvalue weighted by molar-refractivity contribution is 0.411. The first-order chi connectivity index (χ1) is 9.99. The van der Waals surface area contributed by atoms with Gasteiger partial charge in [-0.2, -0.15) is 0 Å². The molecule has 0 aromatic carbocycles. The van der Waals surface area contributed by atoms with Crippen LogP contribution in [0, 0.1) is 10.8 Å². The predicted molar refractivity (Wildman–Crippen MR) is 101 cm³/mol. The lowest BCUT2D eigenvalue weighted by Crippen LogP contribution is -2.09. The highest BCUT2D eigenvalue weighted by atomic mass is 14.2. The Morgan fingerprint density at radius 1 is 1.05 bits per heavy atom. The molecule has 0 heterocycles. The maximum atomic E-state index is 4.40. The number of hydrogen-bond acceptors (Lipinski definition) is 0. The van der Waals surface area contributed by atoms with Gasteiger partial charge in [-0.1, -0.05) is 71.9 Å². The van der Waals surface area contributed by atoms with E-state index in [0.29, 0.717) is 5.41 Å². The van der Waals surface area contributed by atoms with E-state index in [4.69, 9.17) is 0 Å². The zero-order chi connectivity index (χ0) is 17.0. The topological polar surface area (TPSA) is 0 Å². The fraction of sp³-hybridized carbons (Fsp3) is 0.636. The Balaban J connectivity index is 3.21. The summed E-state index contributed by atoms with van der Waals surface area (Å²) < 4.78 is 0. The van der Waals surface area contributed by atoms with Crippen molar-refractivity contribution in [2.45, 2.75) is 80.6 Å². The van der Waals surface area contributed by atoms with Crippen LogP contribution in [0.4, 0.5) is 0 Å². The van der Waals surface area contributed by atoms with Gasteiger partial charge in [-0.05, 0) is 66.6 Å². The summed E-state index contributed by atoms with van der Waals surface area (Å²) in [6, 6.07) is 0. The third-order valence-corrected chi connectivity index (χ3v) is 4.03. The Hall–Kier alpha value is -1.04. The zero-order valence-electron chi connectivity index (χ0n) is 16.0. The van der Waals surface area contributed by atoms with Crippen molar-refractivity contribution in [3.63, 3.8) is 0 Å². The molecule has 22 heavy (non-hydrogen) atoms. The maximum Gasteiger partial charge on any atom is -0.0197 e. The summed E-state index contributed by atoms with van der Waals surface area (Å²) in [6.45, 7) is 20.5. The van der Waals surface area contributed by atoms with Crippen LogP contribution in [0.2, 0.25) is 0 Å². The van der Waals surface area contributed by atoms with E-state index >= 15 is 0 Å². The van der Waals surface area contributed by atoms with Crippen molar-refractivity contribution in [3.05, 3.63) is 47.1 Å². The highest BCUT2D eigenvalue weighted by Gasteiger charge is 2.18. The Morgan fingerprint density at radius 2 is 1.59 bits per heavy atom. The Morgan fingerprint density at radius 3 is 2.09 bits per heavy atom. The molecular formula is C22H36. The van der Waals surface area contributed by atoms with Crippen LogP contribution < -0.4 is 0 Å². The minimum Gasteiger partial charge on any atom is -0.0955 e. The predicted octanol–water partition coefficient (Wildman–Crippen LogP) is 7.40. The van der Waals surface area contributed by atoms with Crippen molar-refractivity contribution in [1.29, 1.82) is 0 Å². The van der Waals surface area contributed by atoms with Crippen LogP contribution in [0.1, 0.15) is 80.6 Å². The molecule has 1 rings (SSSR count). The SMILES string of the molecule is C=C(CC(C)(C)C)/C(C)=C1\CC/C=C\CC\C1=C/C(C)(C)C. The molecule has 0 aliphatic heterocycles. The van der Waals surface area contributed by atoms with Gasteiger partial charge < -0.3 is 0 Å². The summed E-state index contributed by atoms with van der Waals surface area (Å²) in [5.74, 6) is 0. The molecular weight excluding hydrogens is 264 g/mol. The standard InChI is InChI=1S/C22H36/c1-17(15-21(3,4)5)18(2)20-14-12-10-9-11-13-19(20)16-22(6,7)8/h9-10,16H,1,11-15H2,2-8H3/b10-9-,19-16+,20-18+. The molecule has 0 saturated heterocycles. The van der Waals surface area contributed by atoms with E-state index in [2.05, 4.69) is 73.3 Å². The largest absolute Gasteiger partial charge is 0.0955 e. The molecule has 0 unspecified atom stereocenters. The van der Waals surface area contributed by atoms with E-state index in [9.17, 15) is 0 Å². The Bertz CT molecular complexity index is 481. The first-order valence-corrected chi connectivity index (χ1v) is 8.74.